The number of hydrogen-bond donors (Lipinski definition) is 0. The summed E-state index contributed by atoms with van der Waals surface area (Å²) in [5, 5.41) is 0. The molecule has 0 saturated heterocycles. The molecule has 40 heavy (non-hydrogen) atoms. The van der Waals surface area contributed by atoms with Crippen LogP contribution in [0, 0.1) is 0 Å². The van der Waals surface area contributed by atoms with Gasteiger partial charge >= 0.3 is 5.97 Å². The molecule has 0 saturated carbocycles. The molecule has 0 aliphatic carbocycles. The van der Waals surface area contributed by atoms with Crippen molar-refractivity contribution in [3.63, 3.8) is 0 Å². The number of halogens is 1. The highest BCUT2D eigenvalue weighted by Crippen LogP contribution is 2.38. The van der Waals surface area contributed by atoms with E-state index in [0.29, 0.717) is 43.4 Å². The molecule has 0 bridgehead atoms. The van der Waals surface area contributed by atoms with Gasteiger partial charge in [-0.05, 0) is 73.5 Å². The number of carbonyl (C=O) groups is 1. The van der Waals surface area contributed by atoms with Crippen LogP contribution in [0.2, 0.25) is 0 Å². The Balaban J connectivity index is 1.69. The molecule has 1 atom stereocenters. The van der Waals surface area contributed by atoms with Gasteiger partial charge < -0.3 is 23.8 Å². The second-order valence-electron chi connectivity index (χ2n) is 9.13. The molecular formula is C29H30BrN3O6S. The van der Waals surface area contributed by atoms with E-state index in [1.54, 1.807) is 43.7 Å². The van der Waals surface area contributed by atoms with E-state index in [4.69, 9.17) is 18.9 Å². The van der Waals surface area contributed by atoms with Crippen LogP contribution >= 0.6 is 27.3 Å². The highest BCUT2D eigenvalue weighted by Gasteiger charge is 2.34. The maximum absolute atomic E-state index is 14.0. The minimum atomic E-state index is -0.745. The molecule has 0 spiro atoms. The number of anilines is 1. The van der Waals surface area contributed by atoms with Crippen LogP contribution in [-0.2, 0) is 9.53 Å². The predicted molar refractivity (Wildman–Crippen MR) is 157 cm³/mol. The van der Waals surface area contributed by atoms with Gasteiger partial charge in [0.25, 0.3) is 5.56 Å². The highest BCUT2D eigenvalue weighted by molar-refractivity contribution is 9.10. The molecular weight excluding hydrogens is 598 g/mol. The third-order valence-corrected chi connectivity index (χ3v) is 8.54. The molecule has 210 valence electrons. The van der Waals surface area contributed by atoms with Crippen LogP contribution in [-0.4, -0.2) is 44.1 Å². The van der Waals surface area contributed by atoms with Crippen molar-refractivity contribution < 1.29 is 23.7 Å². The van der Waals surface area contributed by atoms with E-state index in [0.717, 1.165) is 28.8 Å². The average Bonchev–Trinajstić information content (AvgIpc) is 3.53. The molecule has 2 aliphatic heterocycles. The van der Waals surface area contributed by atoms with Gasteiger partial charge in [0.15, 0.2) is 16.3 Å². The van der Waals surface area contributed by atoms with Gasteiger partial charge in [0.1, 0.15) is 5.75 Å². The Morgan fingerprint density at radius 1 is 1.20 bits per heavy atom. The summed E-state index contributed by atoms with van der Waals surface area (Å²) >= 11 is 4.96. The standard InChI is InChI=1S/C29H30BrN3O6S/c1-6-32(7-2)20-14-22(36-5)18(11-19(20)30)13-24-27(34)33-26(17-9-10-21-23(12-17)39-15-38-21)25(28(35)37-8-3)16(4)31-29(33)40-24/h9-14,26H,6-8,15H2,1-5H3/t26-/m0/s1. The van der Waals surface area contributed by atoms with E-state index in [1.807, 2.05) is 18.2 Å². The number of nitrogens with zero attached hydrogens (tertiary/aromatic N) is 3. The molecule has 0 unspecified atom stereocenters. The lowest BCUT2D eigenvalue weighted by molar-refractivity contribution is -0.139. The fourth-order valence-corrected chi connectivity index (χ4v) is 6.63. The van der Waals surface area contributed by atoms with Gasteiger partial charge in [-0.15, -0.1) is 0 Å². The lowest BCUT2D eigenvalue weighted by Gasteiger charge is -2.24. The fraction of sp³-hybridized carbons (Fsp3) is 0.345. The summed E-state index contributed by atoms with van der Waals surface area (Å²) in [6.45, 7) is 9.71. The van der Waals surface area contributed by atoms with E-state index in [-0.39, 0.29) is 19.0 Å². The third kappa shape index (κ3) is 4.92. The molecule has 11 heteroatoms. The van der Waals surface area contributed by atoms with E-state index in [9.17, 15) is 9.59 Å². The maximum Gasteiger partial charge on any atom is 0.338 e. The zero-order valence-electron chi connectivity index (χ0n) is 22.9. The minimum Gasteiger partial charge on any atom is -0.496 e. The summed E-state index contributed by atoms with van der Waals surface area (Å²) in [7, 11) is 1.61. The Bertz CT molecular complexity index is 1690. The lowest BCUT2D eigenvalue weighted by atomic mass is 9.95. The Kier molecular flexibility index (Phi) is 8.04. The molecule has 5 rings (SSSR count). The topological polar surface area (TPSA) is 91.6 Å². The SMILES string of the molecule is CCOC(=O)C1=C(C)N=c2sc(=Cc3cc(Br)c(N(CC)CC)cc3OC)c(=O)n2[C@H]1c1ccc2c(c1)OCO2. The van der Waals surface area contributed by atoms with Gasteiger partial charge in [-0.2, -0.15) is 0 Å². The van der Waals surface area contributed by atoms with Crippen molar-refractivity contribution in [3.8, 4) is 17.2 Å². The summed E-state index contributed by atoms with van der Waals surface area (Å²) < 4.78 is 25.1. The summed E-state index contributed by atoms with van der Waals surface area (Å²) in [5.41, 5.74) is 2.99. The number of carbonyl (C=O) groups excluding carboxylic acids is 1. The van der Waals surface area contributed by atoms with Crippen LogP contribution in [0.5, 0.6) is 17.2 Å². The molecule has 9 nitrogen and oxygen atoms in total. The number of ether oxygens (including phenoxy) is 4. The van der Waals surface area contributed by atoms with Gasteiger partial charge in [0, 0.05) is 29.2 Å². The largest absolute Gasteiger partial charge is 0.496 e. The summed E-state index contributed by atoms with van der Waals surface area (Å²) in [6, 6.07) is 8.60. The average molecular weight is 629 g/mol. The first kappa shape index (κ1) is 28.0. The number of rotatable bonds is 8. The van der Waals surface area contributed by atoms with Crippen LogP contribution in [0.15, 0.2) is 55.9 Å². The van der Waals surface area contributed by atoms with Crippen LogP contribution in [0.4, 0.5) is 5.69 Å². The molecule has 3 heterocycles. The quantitative estimate of drug-likeness (QED) is 0.347. The summed E-state index contributed by atoms with van der Waals surface area (Å²) in [5.74, 6) is 1.30. The van der Waals surface area contributed by atoms with Crippen molar-refractivity contribution >= 4 is 45.0 Å². The smallest absolute Gasteiger partial charge is 0.338 e. The number of allylic oxidation sites excluding steroid dienone is 1. The fourth-order valence-electron chi connectivity index (χ4n) is 4.99. The van der Waals surface area contributed by atoms with E-state index < -0.39 is 12.0 Å². The van der Waals surface area contributed by atoms with Crippen LogP contribution in [0.1, 0.15) is 44.9 Å². The van der Waals surface area contributed by atoms with Gasteiger partial charge in [-0.1, -0.05) is 17.4 Å². The van der Waals surface area contributed by atoms with E-state index in [1.165, 1.54) is 11.3 Å². The normalized spacial score (nSPS) is 16.1. The summed E-state index contributed by atoms with van der Waals surface area (Å²) in [6.07, 6.45) is 1.81. The third-order valence-electron chi connectivity index (χ3n) is 6.92. The van der Waals surface area contributed by atoms with Crippen molar-refractivity contribution in [1.29, 1.82) is 0 Å². The van der Waals surface area contributed by atoms with Gasteiger partial charge in [-0.25, -0.2) is 9.79 Å². The van der Waals surface area contributed by atoms with Crippen molar-refractivity contribution in [2.24, 2.45) is 4.99 Å². The number of benzene rings is 2. The monoisotopic (exact) mass is 627 g/mol. The molecule has 0 N–H and O–H groups in total. The number of methoxy groups -OCH3 is 1. The van der Waals surface area contributed by atoms with Gasteiger partial charge in [0.2, 0.25) is 6.79 Å². The molecule has 0 radical (unpaired) electrons. The summed E-state index contributed by atoms with van der Waals surface area (Å²) in [4.78, 5) is 34.5. The van der Waals surface area contributed by atoms with Crippen molar-refractivity contribution in [2.45, 2.75) is 33.7 Å². The second kappa shape index (κ2) is 11.5. The first-order chi connectivity index (χ1) is 19.3. The van der Waals surface area contributed by atoms with Crippen molar-refractivity contribution in [3.05, 3.63) is 76.9 Å². The van der Waals surface area contributed by atoms with Gasteiger partial charge in [0.05, 0.1) is 41.2 Å². The lowest BCUT2D eigenvalue weighted by Crippen LogP contribution is -2.39. The van der Waals surface area contributed by atoms with Crippen LogP contribution < -0.4 is 34.0 Å². The Morgan fingerprint density at radius 2 is 1.95 bits per heavy atom. The molecule has 2 aliphatic rings. The number of thiazole rings is 1. The molecule has 0 amide bonds. The second-order valence-corrected chi connectivity index (χ2v) is 11.0. The van der Waals surface area contributed by atoms with Crippen LogP contribution in [0.3, 0.4) is 0 Å². The molecule has 1 aromatic heterocycles. The highest BCUT2D eigenvalue weighted by atomic mass is 79.9. The zero-order chi connectivity index (χ0) is 28.6. The van der Waals surface area contributed by atoms with Crippen molar-refractivity contribution in [1.82, 2.24) is 4.57 Å². The van der Waals surface area contributed by atoms with Crippen LogP contribution in [0.25, 0.3) is 6.08 Å². The van der Waals surface area contributed by atoms with E-state index in [2.05, 4.69) is 39.7 Å². The predicted octanol–water partition coefficient (Wildman–Crippen LogP) is 4.14. The van der Waals surface area contributed by atoms with E-state index >= 15 is 0 Å². The Morgan fingerprint density at radius 3 is 2.65 bits per heavy atom. The van der Waals surface area contributed by atoms with Gasteiger partial charge in [-0.3, -0.25) is 9.36 Å². The van der Waals surface area contributed by atoms with Crippen molar-refractivity contribution in [2.75, 3.05) is 38.5 Å². The number of fused-ring (bicyclic) bond motifs is 2. The number of hydrogen-bond acceptors (Lipinski definition) is 9. The molecule has 2 aromatic carbocycles. The zero-order valence-corrected chi connectivity index (χ0v) is 25.3. The maximum atomic E-state index is 14.0. The molecule has 3 aromatic rings. The minimum absolute atomic E-state index is 0.117. The Labute approximate surface area is 244 Å². The first-order valence-electron chi connectivity index (χ1n) is 13.0. The Hall–Kier alpha value is -3.57. The first-order valence-corrected chi connectivity index (χ1v) is 14.6. The number of esters is 1. The number of aromatic nitrogens is 1. The molecule has 0 fully saturated rings.